The van der Waals surface area contributed by atoms with Gasteiger partial charge in [-0.15, -0.1) is 0 Å². The van der Waals surface area contributed by atoms with E-state index < -0.39 is 0 Å². The number of aromatic nitrogens is 2. The predicted octanol–water partition coefficient (Wildman–Crippen LogP) is 6.25. The molecule has 34 heavy (non-hydrogen) atoms. The molecule has 0 bridgehead atoms. The van der Waals surface area contributed by atoms with Gasteiger partial charge in [-0.05, 0) is 98.7 Å². The van der Waals surface area contributed by atoms with E-state index in [4.69, 9.17) is 12.2 Å². The van der Waals surface area contributed by atoms with Crippen molar-refractivity contribution in [2.75, 3.05) is 4.90 Å². The largest absolute Gasteiger partial charge is 0.351 e. The lowest BCUT2D eigenvalue weighted by Crippen LogP contribution is -2.29. The second kappa shape index (κ2) is 8.65. The summed E-state index contributed by atoms with van der Waals surface area (Å²) in [6.45, 7) is 5.77. The van der Waals surface area contributed by atoms with Gasteiger partial charge in [0.25, 0.3) is 0 Å². The average Bonchev–Trinajstić information content (AvgIpc) is 3.31. The van der Waals surface area contributed by atoms with Gasteiger partial charge in [0.1, 0.15) is 11.6 Å². The Morgan fingerprint density at radius 2 is 1.74 bits per heavy atom. The van der Waals surface area contributed by atoms with Crippen LogP contribution in [0.3, 0.4) is 0 Å². The summed E-state index contributed by atoms with van der Waals surface area (Å²) < 4.78 is 30.1. The minimum atomic E-state index is -0.287. The molecule has 0 amide bonds. The molecule has 4 nitrogen and oxygen atoms in total. The van der Waals surface area contributed by atoms with Gasteiger partial charge in [-0.1, -0.05) is 12.1 Å². The number of hydrogen-bond donors (Lipinski definition) is 1. The van der Waals surface area contributed by atoms with Gasteiger partial charge in [-0.3, -0.25) is 4.98 Å². The number of thiocarbonyl (C=S) groups is 1. The van der Waals surface area contributed by atoms with Crippen LogP contribution >= 0.6 is 12.2 Å². The minimum absolute atomic E-state index is 0.222. The molecule has 1 fully saturated rings. The summed E-state index contributed by atoms with van der Waals surface area (Å²) >= 11 is 5.78. The number of rotatable bonds is 4. The number of hydrogen-bond acceptors (Lipinski definition) is 2. The van der Waals surface area contributed by atoms with Crippen LogP contribution in [-0.4, -0.2) is 14.7 Å². The molecule has 0 saturated carbocycles. The molecule has 0 spiro atoms. The van der Waals surface area contributed by atoms with Gasteiger partial charge < -0.3 is 14.8 Å². The molecule has 5 rings (SSSR count). The van der Waals surface area contributed by atoms with Crippen LogP contribution in [0.15, 0.2) is 72.9 Å². The zero-order chi connectivity index (χ0) is 24.0. The van der Waals surface area contributed by atoms with Gasteiger partial charge >= 0.3 is 0 Å². The van der Waals surface area contributed by atoms with Crippen molar-refractivity contribution in [1.82, 2.24) is 14.9 Å². The van der Waals surface area contributed by atoms with E-state index in [1.54, 1.807) is 25.3 Å². The normalized spacial score (nSPS) is 17.8. The maximum absolute atomic E-state index is 14.1. The van der Waals surface area contributed by atoms with Crippen LogP contribution in [-0.2, 0) is 0 Å². The summed E-state index contributed by atoms with van der Waals surface area (Å²) in [6, 6.07) is 19.0. The molecular weight excluding hydrogens is 450 g/mol. The summed E-state index contributed by atoms with van der Waals surface area (Å²) in [5.74, 6) is -0.547. The number of benzene rings is 2. The van der Waals surface area contributed by atoms with Crippen LogP contribution in [0.2, 0.25) is 0 Å². The number of halogens is 2. The molecule has 1 aliphatic rings. The monoisotopic (exact) mass is 474 g/mol. The molecule has 0 radical (unpaired) electrons. The van der Waals surface area contributed by atoms with Crippen LogP contribution in [0.4, 0.5) is 14.5 Å². The molecule has 0 aliphatic carbocycles. The Hall–Kier alpha value is -3.58. The van der Waals surface area contributed by atoms with Crippen molar-refractivity contribution in [1.29, 1.82) is 0 Å². The molecule has 1 N–H and O–H groups in total. The van der Waals surface area contributed by atoms with Crippen molar-refractivity contribution in [2.45, 2.75) is 32.9 Å². The lowest BCUT2D eigenvalue weighted by Gasteiger charge is -2.28. The maximum atomic E-state index is 14.1. The number of anilines is 1. The van der Waals surface area contributed by atoms with Gasteiger partial charge in [0.05, 0.1) is 17.8 Å². The van der Waals surface area contributed by atoms with Crippen molar-refractivity contribution in [3.8, 4) is 5.69 Å². The van der Waals surface area contributed by atoms with E-state index >= 15 is 0 Å². The third-order valence-corrected chi connectivity index (χ3v) is 6.69. The van der Waals surface area contributed by atoms with Crippen LogP contribution in [0.25, 0.3) is 5.69 Å². The molecule has 4 aromatic rings. The van der Waals surface area contributed by atoms with E-state index in [-0.39, 0.29) is 23.7 Å². The molecule has 3 heterocycles. The lowest BCUT2D eigenvalue weighted by atomic mass is 9.96. The minimum Gasteiger partial charge on any atom is -0.351 e. The van der Waals surface area contributed by atoms with Crippen LogP contribution < -0.4 is 10.2 Å². The molecule has 2 aromatic carbocycles. The van der Waals surface area contributed by atoms with E-state index in [1.807, 2.05) is 53.6 Å². The Labute approximate surface area is 202 Å². The maximum Gasteiger partial charge on any atom is 0.174 e. The molecule has 0 unspecified atom stereocenters. The third kappa shape index (κ3) is 3.76. The highest BCUT2D eigenvalue weighted by Crippen LogP contribution is 2.44. The Morgan fingerprint density at radius 3 is 2.44 bits per heavy atom. The fraction of sp³-hybridized carbons (Fsp3) is 0.185. The molecule has 1 saturated heterocycles. The summed E-state index contributed by atoms with van der Waals surface area (Å²) in [5, 5.41) is 3.98. The van der Waals surface area contributed by atoms with Gasteiger partial charge in [0.15, 0.2) is 5.11 Å². The molecule has 2 aromatic heterocycles. The third-order valence-electron chi connectivity index (χ3n) is 6.37. The predicted molar refractivity (Wildman–Crippen MR) is 134 cm³/mol. The SMILES string of the molecule is Cc1cc(N2C(=S)N[C@H](c3ccccn3)[C@@H]2c2cc(C)n(-c3cccc(F)c3)c2C)ccc1F. The Bertz CT molecular complexity index is 1380. The zero-order valence-corrected chi connectivity index (χ0v) is 19.9. The van der Waals surface area contributed by atoms with Gasteiger partial charge in [0, 0.05) is 29.0 Å². The number of nitrogens with zero attached hydrogens (tertiary/aromatic N) is 3. The first kappa shape index (κ1) is 22.2. The summed E-state index contributed by atoms with van der Waals surface area (Å²) in [5.41, 5.74) is 5.95. The highest BCUT2D eigenvalue weighted by molar-refractivity contribution is 7.80. The average molecular weight is 475 g/mol. The Balaban J connectivity index is 1.69. The second-order valence-electron chi connectivity index (χ2n) is 8.57. The van der Waals surface area contributed by atoms with Crippen molar-refractivity contribution < 1.29 is 8.78 Å². The highest BCUT2D eigenvalue weighted by Gasteiger charge is 2.42. The summed E-state index contributed by atoms with van der Waals surface area (Å²) in [6.07, 6.45) is 1.76. The second-order valence-corrected chi connectivity index (χ2v) is 8.96. The fourth-order valence-corrected chi connectivity index (χ4v) is 5.17. The van der Waals surface area contributed by atoms with E-state index in [9.17, 15) is 8.78 Å². The first-order valence-electron chi connectivity index (χ1n) is 11.1. The van der Waals surface area contributed by atoms with E-state index in [1.165, 1.54) is 18.2 Å². The summed E-state index contributed by atoms with van der Waals surface area (Å²) in [4.78, 5) is 6.62. The molecule has 1 aliphatic heterocycles. The van der Waals surface area contributed by atoms with E-state index in [2.05, 4.69) is 16.4 Å². The first-order chi connectivity index (χ1) is 16.3. The zero-order valence-electron chi connectivity index (χ0n) is 19.1. The standard InChI is InChI=1S/C27H24F2N4S/c1-16-13-21(10-11-23(16)29)33-26(25(31-27(33)34)24-9-4-5-12-30-24)22-14-17(2)32(18(22)3)20-8-6-7-19(28)15-20/h4-15,25-26H,1-3H3,(H,31,34)/t25-,26+/m1/s1. The fourth-order valence-electron chi connectivity index (χ4n) is 4.83. The van der Waals surface area contributed by atoms with E-state index in [0.717, 1.165) is 34.0 Å². The quantitative estimate of drug-likeness (QED) is 0.354. The Morgan fingerprint density at radius 1 is 0.912 bits per heavy atom. The van der Waals surface area contributed by atoms with Crippen molar-refractivity contribution in [3.63, 3.8) is 0 Å². The molecule has 172 valence electrons. The van der Waals surface area contributed by atoms with Crippen LogP contribution in [0, 0.1) is 32.4 Å². The highest BCUT2D eigenvalue weighted by atomic mass is 32.1. The summed E-state index contributed by atoms with van der Waals surface area (Å²) in [7, 11) is 0. The van der Waals surface area contributed by atoms with Gasteiger partial charge in [0.2, 0.25) is 0 Å². The van der Waals surface area contributed by atoms with Crippen LogP contribution in [0.5, 0.6) is 0 Å². The Kier molecular flexibility index (Phi) is 5.65. The number of aryl methyl sites for hydroxylation is 2. The topological polar surface area (TPSA) is 33.1 Å². The van der Waals surface area contributed by atoms with Gasteiger partial charge in [-0.25, -0.2) is 8.78 Å². The first-order valence-corrected chi connectivity index (χ1v) is 11.5. The number of pyridine rings is 1. The van der Waals surface area contributed by atoms with E-state index in [0.29, 0.717) is 10.7 Å². The smallest absolute Gasteiger partial charge is 0.174 e. The van der Waals surface area contributed by atoms with Crippen molar-refractivity contribution in [2.24, 2.45) is 0 Å². The number of nitrogens with one attached hydrogen (secondary N) is 1. The van der Waals surface area contributed by atoms with Crippen LogP contribution in [0.1, 0.15) is 40.3 Å². The molecular formula is C27H24F2N4S. The van der Waals surface area contributed by atoms with Crippen molar-refractivity contribution in [3.05, 3.63) is 113 Å². The van der Waals surface area contributed by atoms with Crippen molar-refractivity contribution >= 4 is 23.0 Å². The van der Waals surface area contributed by atoms with Gasteiger partial charge in [-0.2, -0.15) is 0 Å². The molecule has 7 heteroatoms. The lowest BCUT2D eigenvalue weighted by molar-refractivity contribution is 0.564. The molecule has 2 atom stereocenters.